The number of aryl methyl sites for hydroxylation is 1. The van der Waals surface area contributed by atoms with E-state index in [1.54, 1.807) is 0 Å². The maximum Gasteiger partial charge on any atom is 0.103 e. The van der Waals surface area contributed by atoms with Crippen molar-refractivity contribution in [2.45, 2.75) is 31.9 Å². The van der Waals surface area contributed by atoms with E-state index in [1.165, 1.54) is 11.1 Å². The van der Waals surface area contributed by atoms with Gasteiger partial charge in [0.1, 0.15) is 5.60 Å². The molecular formula is C14H21NO2. The van der Waals surface area contributed by atoms with Gasteiger partial charge in [-0.05, 0) is 19.4 Å². The van der Waals surface area contributed by atoms with Crippen LogP contribution in [0.4, 0.5) is 0 Å². The van der Waals surface area contributed by atoms with Crippen LogP contribution in [0.5, 0.6) is 0 Å². The lowest BCUT2D eigenvalue weighted by atomic mass is 10.0. The number of rotatable bonds is 4. The molecule has 2 N–H and O–H groups in total. The summed E-state index contributed by atoms with van der Waals surface area (Å²) in [6, 6.07) is 8.69. The quantitative estimate of drug-likeness (QED) is 0.836. The van der Waals surface area contributed by atoms with E-state index in [-0.39, 0.29) is 6.04 Å². The Morgan fingerprint density at radius 1 is 1.53 bits per heavy atom. The van der Waals surface area contributed by atoms with Gasteiger partial charge in [0.15, 0.2) is 0 Å². The molecule has 2 unspecified atom stereocenters. The van der Waals surface area contributed by atoms with Gasteiger partial charge in [0, 0.05) is 25.6 Å². The highest BCUT2D eigenvalue weighted by Gasteiger charge is 2.32. The average molecular weight is 235 g/mol. The van der Waals surface area contributed by atoms with E-state index in [1.807, 2.05) is 0 Å². The average Bonchev–Trinajstić information content (AvgIpc) is 2.74. The molecule has 0 spiro atoms. The molecule has 0 amide bonds. The molecule has 0 aromatic heterocycles. The van der Waals surface area contributed by atoms with Crippen molar-refractivity contribution in [1.29, 1.82) is 0 Å². The monoisotopic (exact) mass is 235 g/mol. The van der Waals surface area contributed by atoms with Crippen molar-refractivity contribution in [2.75, 3.05) is 19.8 Å². The van der Waals surface area contributed by atoms with E-state index < -0.39 is 5.60 Å². The first-order valence-electron chi connectivity index (χ1n) is 6.19. The van der Waals surface area contributed by atoms with Crippen LogP contribution >= 0.6 is 0 Å². The summed E-state index contributed by atoms with van der Waals surface area (Å²) in [6.07, 6.45) is 0.723. The molecule has 1 fully saturated rings. The third-order valence-electron chi connectivity index (χ3n) is 3.36. The number of aliphatic hydroxyl groups is 1. The Bertz CT molecular complexity index is 372. The van der Waals surface area contributed by atoms with Crippen LogP contribution in [0.3, 0.4) is 0 Å². The Hall–Kier alpha value is -0.900. The van der Waals surface area contributed by atoms with Gasteiger partial charge in [-0.25, -0.2) is 0 Å². The number of hydrogen-bond donors (Lipinski definition) is 2. The Morgan fingerprint density at radius 3 is 3.00 bits per heavy atom. The highest BCUT2D eigenvalue weighted by Crippen LogP contribution is 2.19. The molecule has 94 valence electrons. The molecule has 2 atom stereocenters. The van der Waals surface area contributed by atoms with Crippen molar-refractivity contribution in [3.05, 3.63) is 35.4 Å². The van der Waals surface area contributed by atoms with Crippen LogP contribution in [0.2, 0.25) is 0 Å². The zero-order valence-electron chi connectivity index (χ0n) is 10.6. The van der Waals surface area contributed by atoms with Crippen LogP contribution in [0.25, 0.3) is 0 Å². The van der Waals surface area contributed by atoms with Crippen molar-refractivity contribution in [3.63, 3.8) is 0 Å². The first-order valence-corrected chi connectivity index (χ1v) is 6.19. The predicted molar refractivity (Wildman–Crippen MR) is 68.0 cm³/mol. The Balaban J connectivity index is 1.91. The predicted octanol–water partition coefficient (Wildman–Crippen LogP) is 1.80. The standard InChI is InChI=1S/C14H21NO2/c1-11-4-3-5-13(8-11)12(2)15-9-14(16)6-7-17-10-14/h3-5,8,12,15-16H,6-7,9-10H2,1-2H3. The summed E-state index contributed by atoms with van der Waals surface area (Å²) in [5.41, 5.74) is 1.84. The summed E-state index contributed by atoms with van der Waals surface area (Å²) in [4.78, 5) is 0. The number of ether oxygens (including phenoxy) is 1. The van der Waals surface area contributed by atoms with Gasteiger partial charge in [-0.1, -0.05) is 29.8 Å². The smallest absolute Gasteiger partial charge is 0.103 e. The van der Waals surface area contributed by atoms with Crippen molar-refractivity contribution >= 4 is 0 Å². The summed E-state index contributed by atoms with van der Waals surface area (Å²) in [7, 11) is 0. The third kappa shape index (κ3) is 3.28. The highest BCUT2D eigenvalue weighted by atomic mass is 16.5. The van der Waals surface area contributed by atoms with E-state index >= 15 is 0 Å². The van der Waals surface area contributed by atoms with Crippen molar-refractivity contribution in [2.24, 2.45) is 0 Å². The molecule has 17 heavy (non-hydrogen) atoms. The molecule has 3 nitrogen and oxygen atoms in total. The van der Waals surface area contributed by atoms with Crippen LogP contribution in [0.1, 0.15) is 30.5 Å². The Labute approximate surface area is 103 Å². The van der Waals surface area contributed by atoms with E-state index in [4.69, 9.17) is 4.74 Å². The molecule has 1 aromatic carbocycles. The maximum atomic E-state index is 10.2. The molecule has 0 aliphatic carbocycles. The summed E-state index contributed by atoms with van der Waals surface area (Å²) in [5, 5.41) is 13.5. The van der Waals surface area contributed by atoms with Crippen LogP contribution in [0.15, 0.2) is 24.3 Å². The topological polar surface area (TPSA) is 41.5 Å². The lowest BCUT2D eigenvalue weighted by Gasteiger charge is -2.24. The van der Waals surface area contributed by atoms with Gasteiger partial charge in [-0.2, -0.15) is 0 Å². The SMILES string of the molecule is Cc1cccc(C(C)NCC2(O)CCOC2)c1. The molecule has 0 bridgehead atoms. The third-order valence-corrected chi connectivity index (χ3v) is 3.36. The van der Waals surface area contributed by atoms with Gasteiger partial charge in [0.05, 0.1) is 6.61 Å². The molecule has 2 rings (SSSR count). The minimum Gasteiger partial charge on any atom is -0.386 e. The summed E-state index contributed by atoms with van der Waals surface area (Å²) in [6.45, 7) is 5.90. The Morgan fingerprint density at radius 2 is 2.35 bits per heavy atom. The van der Waals surface area contributed by atoms with Gasteiger partial charge in [0.2, 0.25) is 0 Å². The van der Waals surface area contributed by atoms with E-state index in [9.17, 15) is 5.11 Å². The van der Waals surface area contributed by atoms with Crippen molar-refractivity contribution < 1.29 is 9.84 Å². The van der Waals surface area contributed by atoms with E-state index in [0.29, 0.717) is 19.8 Å². The summed E-state index contributed by atoms with van der Waals surface area (Å²) < 4.78 is 5.23. The lowest BCUT2D eigenvalue weighted by Crippen LogP contribution is -2.41. The first-order chi connectivity index (χ1) is 8.09. The fraction of sp³-hybridized carbons (Fsp3) is 0.571. The largest absolute Gasteiger partial charge is 0.386 e. The van der Waals surface area contributed by atoms with E-state index in [2.05, 4.69) is 43.4 Å². The van der Waals surface area contributed by atoms with Crippen molar-refractivity contribution in [1.82, 2.24) is 5.32 Å². The molecule has 1 heterocycles. The Kier molecular flexibility index (Phi) is 3.82. The number of nitrogens with one attached hydrogen (secondary N) is 1. The zero-order valence-corrected chi connectivity index (χ0v) is 10.6. The minimum atomic E-state index is -0.682. The molecule has 3 heteroatoms. The van der Waals surface area contributed by atoms with Gasteiger partial charge in [0.25, 0.3) is 0 Å². The van der Waals surface area contributed by atoms with Crippen molar-refractivity contribution in [3.8, 4) is 0 Å². The lowest BCUT2D eigenvalue weighted by molar-refractivity contribution is 0.0252. The number of hydrogen-bond acceptors (Lipinski definition) is 3. The fourth-order valence-corrected chi connectivity index (χ4v) is 2.14. The van der Waals surface area contributed by atoms with Crippen LogP contribution in [0, 0.1) is 6.92 Å². The summed E-state index contributed by atoms with van der Waals surface area (Å²) >= 11 is 0. The molecule has 1 aromatic rings. The van der Waals surface area contributed by atoms with E-state index in [0.717, 1.165) is 6.42 Å². The van der Waals surface area contributed by atoms with Gasteiger partial charge < -0.3 is 15.2 Å². The molecule has 1 aliphatic heterocycles. The van der Waals surface area contributed by atoms with Gasteiger partial charge in [-0.15, -0.1) is 0 Å². The summed E-state index contributed by atoms with van der Waals surface area (Å²) in [5.74, 6) is 0. The van der Waals surface area contributed by atoms with Crippen LogP contribution in [-0.2, 0) is 4.74 Å². The second-order valence-corrected chi connectivity index (χ2v) is 5.04. The molecule has 1 saturated heterocycles. The van der Waals surface area contributed by atoms with Gasteiger partial charge in [-0.3, -0.25) is 0 Å². The number of benzene rings is 1. The molecule has 1 aliphatic rings. The maximum absolute atomic E-state index is 10.2. The molecule has 0 radical (unpaired) electrons. The second kappa shape index (κ2) is 5.17. The fourth-order valence-electron chi connectivity index (χ4n) is 2.14. The second-order valence-electron chi connectivity index (χ2n) is 5.04. The van der Waals surface area contributed by atoms with Gasteiger partial charge >= 0.3 is 0 Å². The molecule has 0 saturated carbocycles. The van der Waals surface area contributed by atoms with Crippen LogP contribution < -0.4 is 5.32 Å². The normalized spacial score (nSPS) is 26.1. The minimum absolute atomic E-state index is 0.250. The highest BCUT2D eigenvalue weighted by molar-refractivity contribution is 5.24. The van der Waals surface area contributed by atoms with Crippen LogP contribution in [-0.4, -0.2) is 30.5 Å². The first kappa shape index (κ1) is 12.6. The zero-order chi connectivity index (χ0) is 12.3. The molecular weight excluding hydrogens is 214 g/mol.